The van der Waals surface area contributed by atoms with Crippen molar-refractivity contribution in [2.75, 3.05) is 7.11 Å². The predicted molar refractivity (Wildman–Crippen MR) is 167 cm³/mol. The van der Waals surface area contributed by atoms with Crippen molar-refractivity contribution in [1.82, 2.24) is 0 Å². The Bertz CT molecular complexity index is 1430. The van der Waals surface area contributed by atoms with Gasteiger partial charge in [-0.25, -0.2) is 9.59 Å². The van der Waals surface area contributed by atoms with E-state index in [-0.39, 0.29) is 11.3 Å². The first-order chi connectivity index (χ1) is 21.5. The van der Waals surface area contributed by atoms with Gasteiger partial charge in [0.25, 0.3) is 0 Å². The summed E-state index contributed by atoms with van der Waals surface area (Å²) >= 11 is 3.94. The molecule has 0 spiro atoms. The minimum absolute atomic E-state index is 0.271. The number of carbonyl (C=O) groups excluding carboxylic acids is 2. The van der Waals surface area contributed by atoms with Crippen LogP contribution in [-0.4, -0.2) is 31.3 Å². The van der Waals surface area contributed by atoms with Crippen LogP contribution in [0.5, 0.6) is 23.0 Å². The van der Waals surface area contributed by atoms with E-state index in [1.807, 2.05) is 60.7 Å². The quantitative estimate of drug-likeness (QED) is 0.100. The molecule has 228 valence electrons. The summed E-state index contributed by atoms with van der Waals surface area (Å²) in [7, 11) is 1.52. The number of methoxy groups -OCH3 is 1. The molecule has 0 saturated heterocycles. The lowest BCUT2D eigenvalue weighted by molar-refractivity contribution is -0.0514. The van der Waals surface area contributed by atoms with Crippen molar-refractivity contribution in [3.8, 4) is 23.0 Å². The largest absolute Gasteiger partial charge is 0.493 e. The van der Waals surface area contributed by atoms with Crippen LogP contribution >= 0.6 is 12.9 Å². The lowest BCUT2D eigenvalue weighted by atomic mass is 9.94. The number of carbonyl (C=O) groups is 2. The number of benzene rings is 4. The van der Waals surface area contributed by atoms with E-state index < -0.39 is 24.1 Å². The van der Waals surface area contributed by atoms with E-state index in [0.29, 0.717) is 48.9 Å². The third-order valence-electron chi connectivity index (χ3n) is 7.31. The summed E-state index contributed by atoms with van der Waals surface area (Å²) in [5.74, 6) is 0.573. The van der Waals surface area contributed by atoms with Gasteiger partial charge in [-0.3, -0.25) is 0 Å². The first-order valence-corrected chi connectivity index (χ1v) is 14.8. The summed E-state index contributed by atoms with van der Waals surface area (Å²) < 4.78 is 34.1. The van der Waals surface area contributed by atoms with Crippen molar-refractivity contribution in [3.05, 3.63) is 119 Å². The maximum atomic E-state index is 13.2. The predicted octanol–water partition coefficient (Wildman–Crippen LogP) is 7.40. The summed E-state index contributed by atoms with van der Waals surface area (Å²) in [4.78, 5) is 26.3. The van der Waals surface area contributed by atoms with Gasteiger partial charge < -0.3 is 27.9 Å². The highest BCUT2D eigenvalue weighted by Gasteiger charge is 2.32. The van der Waals surface area contributed by atoms with Crippen molar-refractivity contribution in [1.29, 1.82) is 0 Å². The van der Waals surface area contributed by atoms with Gasteiger partial charge in [-0.2, -0.15) is 0 Å². The van der Waals surface area contributed by atoms with E-state index in [1.54, 1.807) is 30.3 Å². The third kappa shape index (κ3) is 8.05. The molecule has 0 radical (unpaired) electrons. The van der Waals surface area contributed by atoms with Gasteiger partial charge >= 0.3 is 11.9 Å². The molecular weight excluding hydrogens is 580 g/mol. The van der Waals surface area contributed by atoms with Crippen LogP contribution in [0.15, 0.2) is 97.1 Å². The fourth-order valence-electron chi connectivity index (χ4n) is 4.95. The molecule has 44 heavy (non-hydrogen) atoms. The zero-order valence-corrected chi connectivity index (χ0v) is 25.2. The van der Waals surface area contributed by atoms with Gasteiger partial charge in [-0.1, -0.05) is 60.7 Å². The second kappa shape index (κ2) is 15.2. The monoisotopic (exact) mass is 614 g/mol. The van der Waals surface area contributed by atoms with Crippen LogP contribution in [0.1, 0.15) is 57.5 Å². The fraction of sp³-hybridized carbons (Fsp3) is 0.257. The number of esters is 2. The zero-order chi connectivity index (χ0) is 30.7. The van der Waals surface area contributed by atoms with Gasteiger partial charge in [-0.05, 0) is 67.1 Å². The average Bonchev–Trinajstić information content (AvgIpc) is 3.08. The van der Waals surface area contributed by atoms with E-state index in [1.165, 1.54) is 13.2 Å². The SMILES string of the molecule is COc1cc(C(=O)O[C@H]2CCCC[C@@H]2OC(=O)c2ccc(OCc3ccccc3)c(OS)c2)ccc1OCc1ccccc1. The Balaban J connectivity index is 1.20. The third-order valence-corrected chi connectivity index (χ3v) is 7.51. The molecule has 1 aliphatic rings. The molecule has 1 aliphatic carbocycles. The Morgan fingerprint density at radius 3 is 1.55 bits per heavy atom. The van der Waals surface area contributed by atoms with Crippen molar-refractivity contribution in [3.63, 3.8) is 0 Å². The molecule has 0 bridgehead atoms. The molecule has 0 heterocycles. The van der Waals surface area contributed by atoms with Crippen molar-refractivity contribution >= 4 is 24.8 Å². The van der Waals surface area contributed by atoms with Crippen LogP contribution in [0.4, 0.5) is 0 Å². The van der Waals surface area contributed by atoms with Crippen molar-refractivity contribution < 1.29 is 37.5 Å². The Morgan fingerprint density at radius 2 is 1.09 bits per heavy atom. The fourth-order valence-corrected chi connectivity index (χ4v) is 5.10. The number of hydrogen-bond donors (Lipinski definition) is 1. The molecule has 1 fully saturated rings. The zero-order valence-electron chi connectivity index (χ0n) is 24.3. The van der Waals surface area contributed by atoms with Gasteiger partial charge in [0, 0.05) is 19.0 Å². The minimum atomic E-state index is -0.593. The lowest BCUT2D eigenvalue weighted by Crippen LogP contribution is -2.37. The molecule has 8 nitrogen and oxygen atoms in total. The van der Waals surface area contributed by atoms with E-state index in [4.69, 9.17) is 27.9 Å². The first kappa shape index (κ1) is 30.8. The van der Waals surface area contributed by atoms with Crippen LogP contribution < -0.4 is 18.4 Å². The van der Waals surface area contributed by atoms with Crippen LogP contribution in [-0.2, 0) is 22.7 Å². The number of rotatable bonds is 12. The molecule has 0 amide bonds. The first-order valence-electron chi connectivity index (χ1n) is 14.4. The standard InChI is InChI=1S/C35H34O8S/c1-38-32-20-26(16-18-28(32)39-22-24-10-4-2-5-11-24)34(36)41-30-14-8-9-15-31(30)42-35(37)27-17-19-29(33(21-27)43-44)40-23-25-12-6-3-7-13-25/h2-7,10-13,16-21,30-31,44H,8-9,14-15,22-23H2,1H3/t30-,31-/m0/s1. The maximum Gasteiger partial charge on any atom is 0.338 e. The number of ether oxygens (including phenoxy) is 5. The van der Waals surface area contributed by atoms with Gasteiger partial charge in [0.05, 0.1) is 18.2 Å². The number of hydrogen-bond acceptors (Lipinski definition) is 9. The summed E-state index contributed by atoms with van der Waals surface area (Å²) in [5.41, 5.74) is 2.58. The van der Waals surface area contributed by atoms with Crippen LogP contribution in [0.2, 0.25) is 0 Å². The van der Waals surface area contributed by atoms with Gasteiger partial charge in [0.15, 0.2) is 23.0 Å². The molecule has 4 aromatic rings. The average molecular weight is 615 g/mol. The molecule has 0 unspecified atom stereocenters. The molecule has 1 saturated carbocycles. The molecule has 4 aromatic carbocycles. The van der Waals surface area contributed by atoms with Crippen molar-refractivity contribution in [2.45, 2.75) is 51.1 Å². The van der Waals surface area contributed by atoms with E-state index in [2.05, 4.69) is 12.9 Å². The van der Waals surface area contributed by atoms with E-state index in [9.17, 15) is 9.59 Å². The van der Waals surface area contributed by atoms with Crippen LogP contribution in [0.25, 0.3) is 0 Å². The topological polar surface area (TPSA) is 89.5 Å². The summed E-state index contributed by atoms with van der Waals surface area (Å²) in [6.45, 7) is 0.695. The van der Waals surface area contributed by atoms with Crippen LogP contribution in [0, 0.1) is 0 Å². The highest BCUT2D eigenvalue weighted by atomic mass is 32.1. The Morgan fingerprint density at radius 1 is 0.636 bits per heavy atom. The molecule has 2 atom stereocenters. The Kier molecular flexibility index (Phi) is 10.6. The highest BCUT2D eigenvalue weighted by Crippen LogP contribution is 2.33. The molecule has 0 N–H and O–H groups in total. The van der Waals surface area contributed by atoms with Gasteiger partial charge in [-0.15, -0.1) is 0 Å². The highest BCUT2D eigenvalue weighted by molar-refractivity contribution is 7.75. The van der Waals surface area contributed by atoms with Gasteiger partial charge in [0.1, 0.15) is 25.4 Å². The molecule has 0 aliphatic heterocycles. The molecule has 0 aromatic heterocycles. The maximum absolute atomic E-state index is 13.2. The second-order valence-electron chi connectivity index (χ2n) is 10.3. The Hall–Kier alpha value is -4.63. The molecular formula is C35H34O8S. The van der Waals surface area contributed by atoms with Gasteiger partial charge in [0.2, 0.25) is 0 Å². The van der Waals surface area contributed by atoms with Crippen molar-refractivity contribution in [2.24, 2.45) is 0 Å². The summed E-state index contributed by atoms with van der Waals surface area (Å²) in [6, 6.07) is 29.1. The molecule has 5 rings (SSSR count). The molecule has 9 heteroatoms. The Labute approximate surface area is 262 Å². The lowest BCUT2D eigenvalue weighted by Gasteiger charge is -2.30. The summed E-state index contributed by atoms with van der Waals surface area (Å²) in [5, 5.41) is 0. The van der Waals surface area contributed by atoms with E-state index >= 15 is 0 Å². The minimum Gasteiger partial charge on any atom is -0.493 e. The van der Waals surface area contributed by atoms with E-state index in [0.717, 1.165) is 24.0 Å². The smallest absolute Gasteiger partial charge is 0.338 e. The second-order valence-corrected chi connectivity index (χ2v) is 10.5. The summed E-state index contributed by atoms with van der Waals surface area (Å²) in [6.07, 6.45) is 1.68. The normalized spacial score (nSPS) is 16.0. The van der Waals surface area contributed by atoms with Crippen LogP contribution in [0.3, 0.4) is 0 Å². The number of thiol groups is 1.